The third kappa shape index (κ3) is 4.34. The van der Waals surface area contributed by atoms with Gasteiger partial charge in [0.15, 0.2) is 6.29 Å². The van der Waals surface area contributed by atoms with E-state index in [1.165, 1.54) is 6.33 Å². The highest BCUT2D eigenvalue weighted by molar-refractivity contribution is 5.84. The van der Waals surface area contributed by atoms with Crippen molar-refractivity contribution in [2.75, 3.05) is 5.73 Å². The molecule has 5 N–H and O–H groups in total. The molecule has 150 valence electrons. The molecule has 4 rings (SSSR count). The van der Waals surface area contributed by atoms with Crippen molar-refractivity contribution in [1.82, 2.24) is 29.9 Å². The van der Waals surface area contributed by atoms with Gasteiger partial charge < -0.3 is 16.5 Å². The lowest BCUT2D eigenvalue weighted by atomic mass is 10.00. The number of nitrogens with two attached hydrogens (primary N) is 2. The predicted molar refractivity (Wildman–Crippen MR) is 110 cm³/mol. The van der Waals surface area contributed by atoms with Crippen LogP contribution in [-0.2, 0) is 6.54 Å². The van der Waals surface area contributed by atoms with Crippen molar-refractivity contribution >= 4 is 18.2 Å². The molecule has 0 amide bonds. The van der Waals surface area contributed by atoms with Gasteiger partial charge in [0.25, 0.3) is 0 Å². The van der Waals surface area contributed by atoms with Crippen LogP contribution in [0.4, 0.5) is 5.82 Å². The zero-order valence-corrected chi connectivity index (χ0v) is 16.1. The third-order valence-electron chi connectivity index (χ3n) is 5.04. The van der Waals surface area contributed by atoms with Crippen molar-refractivity contribution in [3.05, 3.63) is 47.6 Å². The van der Waals surface area contributed by atoms with Gasteiger partial charge in [-0.25, -0.2) is 9.97 Å². The fourth-order valence-electron chi connectivity index (χ4n) is 3.46. The fraction of sp³-hybridized carbons (Fsp3) is 0.350. The summed E-state index contributed by atoms with van der Waals surface area (Å²) in [6.07, 6.45) is 14.3. The number of aromatic nitrogens is 6. The maximum atomic E-state index is 10.7. The number of unbranched alkanes of at least 4 members (excludes halogenated alkanes) is 1. The number of carbonyl (C=O) groups excluding carboxylic acids is 1. The first-order chi connectivity index (χ1) is 14.2. The molecule has 0 unspecified atom stereocenters. The molecule has 9 heteroatoms. The number of nitrogen functional groups attached to an aromatic ring is 1. The monoisotopic (exact) mass is 392 g/mol. The summed E-state index contributed by atoms with van der Waals surface area (Å²) in [6, 6.07) is 0. The van der Waals surface area contributed by atoms with Crippen molar-refractivity contribution < 1.29 is 4.79 Å². The normalized spacial score (nSPS) is 14.3. The topological polar surface area (TPSA) is 141 Å². The van der Waals surface area contributed by atoms with Gasteiger partial charge in [-0.15, -0.1) is 5.10 Å². The van der Waals surface area contributed by atoms with E-state index in [0.29, 0.717) is 30.3 Å². The maximum absolute atomic E-state index is 10.7. The third-order valence-corrected chi connectivity index (χ3v) is 5.04. The van der Waals surface area contributed by atoms with Crippen molar-refractivity contribution in [1.29, 1.82) is 0 Å². The first-order valence-corrected chi connectivity index (χ1v) is 9.73. The minimum Gasteiger partial charge on any atom is -0.402 e. The Morgan fingerprint density at radius 2 is 2.07 bits per heavy atom. The molecule has 1 fully saturated rings. The lowest BCUT2D eigenvalue weighted by Crippen LogP contribution is -2.02. The minimum absolute atomic E-state index is 0.344. The molecule has 0 atom stereocenters. The number of hydrogen-bond donors (Lipinski definition) is 3. The van der Waals surface area contributed by atoms with Crippen LogP contribution in [0, 0.1) is 0 Å². The van der Waals surface area contributed by atoms with E-state index in [-0.39, 0.29) is 0 Å². The second kappa shape index (κ2) is 8.26. The lowest BCUT2D eigenvalue weighted by Gasteiger charge is -2.06. The van der Waals surface area contributed by atoms with E-state index in [9.17, 15) is 4.79 Å². The first kappa shape index (κ1) is 18.9. The summed E-state index contributed by atoms with van der Waals surface area (Å²) in [5, 5.41) is 7.67. The Labute approximate surface area is 168 Å². The number of allylic oxidation sites excluding steroid dienone is 1. The number of aromatic amines is 1. The summed E-state index contributed by atoms with van der Waals surface area (Å²) in [7, 11) is 0. The molecule has 0 aromatic carbocycles. The van der Waals surface area contributed by atoms with Gasteiger partial charge in [0.05, 0.1) is 6.20 Å². The average Bonchev–Trinajstić information content (AvgIpc) is 3.40. The SMILES string of the molecule is N/C(=C\c1c(N)[nH]c(C2CC2)c1-c1cncnc1)CCCCn1cc(C=O)nn1. The van der Waals surface area contributed by atoms with E-state index in [1.807, 2.05) is 6.08 Å². The molecular weight excluding hydrogens is 368 g/mol. The first-order valence-electron chi connectivity index (χ1n) is 9.73. The molecule has 0 aliphatic heterocycles. The van der Waals surface area contributed by atoms with Crippen LogP contribution in [-0.4, -0.2) is 36.2 Å². The maximum Gasteiger partial charge on any atom is 0.171 e. The number of anilines is 1. The second-order valence-electron chi connectivity index (χ2n) is 7.34. The summed E-state index contributed by atoms with van der Waals surface area (Å²) >= 11 is 0. The Bertz CT molecular complexity index is 1020. The van der Waals surface area contributed by atoms with Crippen molar-refractivity contribution in [2.45, 2.75) is 44.6 Å². The Hall–Kier alpha value is -3.49. The van der Waals surface area contributed by atoms with Crippen LogP contribution in [0.15, 0.2) is 30.6 Å². The van der Waals surface area contributed by atoms with E-state index < -0.39 is 0 Å². The van der Waals surface area contributed by atoms with Crippen molar-refractivity contribution in [2.24, 2.45) is 5.73 Å². The standard InChI is InChI=1S/C20H24N8O/c21-15(3-1-2-6-28-10-16(11-29)26-27-28)7-17-18(14-8-23-12-24-9-14)19(13-4-5-13)25-20(17)22/h7-13,25H,1-6,21-22H2/b15-7-. The Morgan fingerprint density at radius 3 is 2.76 bits per heavy atom. The number of aldehydes is 1. The van der Waals surface area contributed by atoms with Gasteiger partial charge >= 0.3 is 0 Å². The molecule has 9 nitrogen and oxygen atoms in total. The van der Waals surface area contributed by atoms with E-state index in [4.69, 9.17) is 11.5 Å². The highest BCUT2D eigenvalue weighted by Gasteiger charge is 2.30. The summed E-state index contributed by atoms with van der Waals surface area (Å²) < 4.78 is 1.67. The molecule has 3 aromatic rings. The lowest BCUT2D eigenvalue weighted by molar-refractivity contribution is 0.111. The zero-order valence-electron chi connectivity index (χ0n) is 16.1. The predicted octanol–water partition coefficient (Wildman–Crippen LogP) is 2.51. The molecular formula is C20H24N8O. The van der Waals surface area contributed by atoms with E-state index in [2.05, 4.69) is 25.3 Å². The number of carbonyl (C=O) groups is 1. The van der Waals surface area contributed by atoms with E-state index in [1.54, 1.807) is 23.3 Å². The summed E-state index contributed by atoms with van der Waals surface area (Å²) in [6.45, 7) is 0.693. The Morgan fingerprint density at radius 1 is 1.28 bits per heavy atom. The summed E-state index contributed by atoms with van der Waals surface area (Å²) in [5.41, 5.74) is 17.8. The number of hydrogen-bond acceptors (Lipinski definition) is 7. The van der Waals surface area contributed by atoms with Gasteiger partial charge in [-0.3, -0.25) is 9.48 Å². The molecule has 0 bridgehead atoms. The molecule has 3 aromatic heterocycles. The smallest absolute Gasteiger partial charge is 0.171 e. The van der Waals surface area contributed by atoms with E-state index in [0.717, 1.165) is 60.2 Å². The van der Waals surface area contributed by atoms with Gasteiger partial charge in [0.1, 0.15) is 17.8 Å². The van der Waals surface area contributed by atoms with Gasteiger partial charge in [0.2, 0.25) is 0 Å². The van der Waals surface area contributed by atoms with Gasteiger partial charge in [-0.1, -0.05) is 5.21 Å². The molecule has 0 radical (unpaired) electrons. The van der Waals surface area contributed by atoms with Crippen LogP contribution in [0.1, 0.15) is 59.8 Å². The zero-order chi connectivity index (χ0) is 20.2. The number of rotatable bonds is 9. The quantitative estimate of drug-likeness (QED) is 0.375. The number of nitrogens with one attached hydrogen (secondary N) is 1. The minimum atomic E-state index is 0.344. The van der Waals surface area contributed by atoms with Crippen LogP contribution in [0.2, 0.25) is 0 Å². The molecule has 29 heavy (non-hydrogen) atoms. The van der Waals surface area contributed by atoms with Crippen molar-refractivity contribution in [3.8, 4) is 11.1 Å². The average molecular weight is 392 g/mol. The van der Waals surface area contributed by atoms with Gasteiger partial charge in [0, 0.05) is 47.0 Å². The largest absolute Gasteiger partial charge is 0.402 e. The molecule has 0 spiro atoms. The number of nitrogens with zero attached hydrogens (tertiary/aromatic N) is 5. The number of aryl methyl sites for hydroxylation is 1. The summed E-state index contributed by atoms with van der Waals surface area (Å²) in [4.78, 5) is 22.3. The molecule has 3 heterocycles. The van der Waals surface area contributed by atoms with Crippen molar-refractivity contribution in [3.63, 3.8) is 0 Å². The van der Waals surface area contributed by atoms with Crippen LogP contribution < -0.4 is 11.5 Å². The van der Waals surface area contributed by atoms with Gasteiger partial charge in [-0.05, 0) is 44.1 Å². The molecule has 0 saturated heterocycles. The Balaban J connectivity index is 1.46. The summed E-state index contributed by atoms with van der Waals surface area (Å²) in [5.74, 6) is 1.13. The number of H-pyrrole nitrogens is 1. The van der Waals surface area contributed by atoms with Gasteiger partial charge in [-0.2, -0.15) is 0 Å². The molecule has 1 aliphatic rings. The molecule has 1 saturated carbocycles. The Kier molecular flexibility index (Phi) is 5.37. The van der Waals surface area contributed by atoms with Crippen LogP contribution >= 0.6 is 0 Å². The highest BCUT2D eigenvalue weighted by Crippen LogP contribution is 2.46. The fourth-order valence-corrected chi connectivity index (χ4v) is 3.46. The van der Waals surface area contributed by atoms with Crippen LogP contribution in [0.3, 0.4) is 0 Å². The highest BCUT2D eigenvalue weighted by atomic mass is 16.1. The second-order valence-corrected chi connectivity index (χ2v) is 7.34. The van der Waals surface area contributed by atoms with Crippen LogP contribution in [0.5, 0.6) is 0 Å². The van der Waals surface area contributed by atoms with E-state index >= 15 is 0 Å². The van der Waals surface area contributed by atoms with Crippen LogP contribution in [0.25, 0.3) is 17.2 Å². The molecule has 1 aliphatic carbocycles.